The van der Waals surface area contributed by atoms with Crippen LogP contribution in [0.5, 0.6) is 17.2 Å². The maximum Gasteiger partial charge on any atom is 0.244 e. The number of sulfonamides is 1. The molecule has 0 bridgehead atoms. The van der Waals surface area contributed by atoms with Crippen LogP contribution in [-0.2, 0) is 14.8 Å². The van der Waals surface area contributed by atoms with Gasteiger partial charge in [-0.05, 0) is 19.9 Å². The monoisotopic (exact) mass is 497 g/mol. The normalized spacial score (nSPS) is 15.3. The maximum absolute atomic E-state index is 13.0. The Labute approximate surface area is 199 Å². The molecule has 0 saturated carbocycles. The Balaban J connectivity index is 1.53. The third-order valence-corrected chi connectivity index (χ3v) is 8.67. The number of piperazine rings is 1. The highest BCUT2D eigenvalue weighted by molar-refractivity contribution is 7.89. The number of hydrogen-bond donors (Lipinski definition) is 1. The number of aryl methyl sites for hydroxylation is 2. The smallest absolute Gasteiger partial charge is 0.244 e. The van der Waals surface area contributed by atoms with Gasteiger partial charge in [0, 0.05) is 66.7 Å². The predicted molar refractivity (Wildman–Crippen MR) is 128 cm³/mol. The van der Waals surface area contributed by atoms with Crippen molar-refractivity contribution in [3.8, 4) is 17.2 Å². The van der Waals surface area contributed by atoms with Crippen molar-refractivity contribution in [1.82, 2.24) is 9.21 Å². The number of nitrogens with one attached hydrogen (secondary N) is 1. The van der Waals surface area contributed by atoms with Crippen molar-refractivity contribution in [1.29, 1.82) is 0 Å². The van der Waals surface area contributed by atoms with Gasteiger partial charge in [0.05, 0.1) is 26.2 Å². The maximum atomic E-state index is 13.0. The number of hydrogen-bond acceptors (Lipinski definition) is 8. The van der Waals surface area contributed by atoms with Gasteiger partial charge in [0.15, 0.2) is 11.5 Å². The van der Waals surface area contributed by atoms with Gasteiger partial charge in [-0.25, -0.2) is 8.42 Å². The number of carbonyl (C=O) groups excluding carboxylic acids is 1. The fraction of sp³-hybridized carbons (Fsp3) is 0.500. The van der Waals surface area contributed by atoms with Gasteiger partial charge >= 0.3 is 0 Å². The summed E-state index contributed by atoms with van der Waals surface area (Å²) in [6, 6.07) is 5.10. The van der Waals surface area contributed by atoms with E-state index < -0.39 is 10.0 Å². The quantitative estimate of drug-likeness (QED) is 0.569. The lowest BCUT2D eigenvalue weighted by Crippen LogP contribution is -2.49. The van der Waals surface area contributed by atoms with Crippen LogP contribution in [0.3, 0.4) is 0 Å². The molecule has 1 aliphatic heterocycles. The summed E-state index contributed by atoms with van der Waals surface area (Å²) in [5.41, 5.74) is 0.548. The molecule has 2 aromatic rings. The van der Waals surface area contributed by atoms with E-state index in [1.54, 1.807) is 18.2 Å². The number of benzene rings is 1. The van der Waals surface area contributed by atoms with Gasteiger partial charge in [0.1, 0.15) is 0 Å². The summed E-state index contributed by atoms with van der Waals surface area (Å²) in [5, 5.41) is 2.86. The van der Waals surface area contributed by atoms with E-state index in [1.807, 2.05) is 13.8 Å². The lowest BCUT2D eigenvalue weighted by Gasteiger charge is -2.33. The zero-order chi connectivity index (χ0) is 24.2. The minimum Gasteiger partial charge on any atom is -0.493 e. The van der Waals surface area contributed by atoms with Gasteiger partial charge in [0.2, 0.25) is 21.7 Å². The Hall–Kier alpha value is -2.34. The van der Waals surface area contributed by atoms with Gasteiger partial charge in [-0.3, -0.25) is 4.79 Å². The average molecular weight is 498 g/mol. The van der Waals surface area contributed by atoms with Gasteiger partial charge in [-0.2, -0.15) is 4.31 Å². The topological polar surface area (TPSA) is 97.4 Å². The second-order valence-electron chi connectivity index (χ2n) is 7.74. The summed E-state index contributed by atoms with van der Waals surface area (Å²) in [7, 11) is 1.07. The minimum absolute atomic E-state index is 0.149. The summed E-state index contributed by atoms with van der Waals surface area (Å²) in [4.78, 5) is 16.8. The zero-order valence-electron chi connectivity index (χ0n) is 19.6. The standard InChI is InChI=1S/C22H31N3O6S2/c1-15-12-20(16(2)32-15)33(27,28)25-10-8-24(9-11-25)7-6-21(26)23-17-13-18(29-3)22(31-5)19(14-17)30-4/h12-14H,6-11H2,1-5H3,(H,23,26). The van der Waals surface area contributed by atoms with E-state index in [0.29, 0.717) is 60.6 Å². The van der Waals surface area contributed by atoms with E-state index in [-0.39, 0.29) is 12.3 Å². The number of methoxy groups -OCH3 is 3. The Bertz CT molecular complexity index is 1070. The van der Waals surface area contributed by atoms with Crippen LogP contribution >= 0.6 is 11.3 Å². The van der Waals surface area contributed by atoms with E-state index in [0.717, 1.165) is 9.75 Å². The molecule has 182 valence electrons. The van der Waals surface area contributed by atoms with Crippen LogP contribution in [0.25, 0.3) is 0 Å². The lowest BCUT2D eigenvalue weighted by molar-refractivity contribution is -0.116. The number of carbonyl (C=O) groups is 1. The largest absolute Gasteiger partial charge is 0.493 e. The first-order chi connectivity index (χ1) is 15.7. The molecule has 0 spiro atoms. The molecule has 0 unspecified atom stereocenters. The molecule has 2 heterocycles. The molecule has 0 aliphatic carbocycles. The molecule has 1 aromatic carbocycles. The van der Waals surface area contributed by atoms with Gasteiger partial charge in [-0.1, -0.05) is 0 Å². The Morgan fingerprint density at radius 1 is 1.00 bits per heavy atom. The molecule has 1 saturated heterocycles. The van der Waals surface area contributed by atoms with Crippen LogP contribution in [0.4, 0.5) is 5.69 Å². The molecule has 9 nitrogen and oxygen atoms in total. The molecule has 1 aromatic heterocycles. The van der Waals surface area contributed by atoms with Gasteiger partial charge in [-0.15, -0.1) is 11.3 Å². The van der Waals surface area contributed by atoms with E-state index in [9.17, 15) is 13.2 Å². The highest BCUT2D eigenvalue weighted by Crippen LogP contribution is 2.40. The first-order valence-corrected chi connectivity index (χ1v) is 12.8. The number of amides is 1. The molecule has 1 amide bonds. The number of nitrogens with zero attached hydrogens (tertiary/aromatic N) is 2. The van der Waals surface area contributed by atoms with E-state index in [1.165, 1.54) is 37.0 Å². The molecular formula is C22H31N3O6S2. The van der Waals surface area contributed by atoms with Crippen LogP contribution < -0.4 is 19.5 Å². The van der Waals surface area contributed by atoms with E-state index in [4.69, 9.17) is 14.2 Å². The van der Waals surface area contributed by atoms with Crippen molar-refractivity contribution in [3.63, 3.8) is 0 Å². The van der Waals surface area contributed by atoms with Crippen LogP contribution in [0, 0.1) is 13.8 Å². The SMILES string of the molecule is COc1cc(NC(=O)CCN2CCN(S(=O)(=O)c3cc(C)sc3C)CC2)cc(OC)c1OC. The van der Waals surface area contributed by atoms with E-state index in [2.05, 4.69) is 10.2 Å². The summed E-state index contributed by atoms with van der Waals surface area (Å²) in [6.07, 6.45) is 0.284. The van der Waals surface area contributed by atoms with Crippen molar-refractivity contribution >= 4 is 33.0 Å². The first-order valence-electron chi connectivity index (χ1n) is 10.6. The summed E-state index contributed by atoms with van der Waals surface area (Å²) < 4.78 is 43.4. The number of ether oxygens (including phenoxy) is 3. The lowest BCUT2D eigenvalue weighted by atomic mass is 10.2. The fourth-order valence-electron chi connectivity index (χ4n) is 3.83. The fourth-order valence-corrected chi connectivity index (χ4v) is 6.78. The molecule has 0 atom stereocenters. The third kappa shape index (κ3) is 5.78. The molecular weight excluding hydrogens is 466 g/mol. The Kier molecular flexibility index (Phi) is 8.22. The molecule has 11 heteroatoms. The van der Waals surface area contributed by atoms with Crippen molar-refractivity contribution in [2.45, 2.75) is 25.2 Å². The molecule has 1 aliphatic rings. The highest BCUT2D eigenvalue weighted by Gasteiger charge is 2.30. The van der Waals surface area contributed by atoms with Crippen molar-refractivity contribution in [2.75, 3.05) is 59.4 Å². The van der Waals surface area contributed by atoms with E-state index >= 15 is 0 Å². The molecule has 3 rings (SSSR count). The van der Waals surface area contributed by atoms with Gasteiger partial charge < -0.3 is 24.4 Å². The zero-order valence-corrected chi connectivity index (χ0v) is 21.3. The number of rotatable bonds is 9. The molecule has 33 heavy (non-hydrogen) atoms. The Morgan fingerprint density at radius 2 is 1.61 bits per heavy atom. The summed E-state index contributed by atoms with van der Waals surface area (Å²) in [6.45, 7) is 6.28. The van der Waals surface area contributed by atoms with Crippen LogP contribution in [0.1, 0.15) is 16.2 Å². The molecule has 1 fully saturated rings. The molecule has 0 radical (unpaired) electrons. The van der Waals surface area contributed by atoms with Crippen LogP contribution in [0.15, 0.2) is 23.1 Å². The summed E-state index contributed by atoms with van der Waals surface area (Å²) in [5.74, 6) is 1.23. The van der Waals surface area contributed by atoms with Crippen molar-refractivity contribution in [3.05, 3.63) is 28.0 Å². The van der Waals surface area contributed by atoms with Crippen molar-refractivity contribution < 1.29 is 27.4 Å². The van der Waals surface area contributed by atoms with Crippen LogP contribution in [0.2, 0.25) is 0 Å². The first kappa shape index (κ1) is 25.3. The minimum atomic E-state index is -3.48. The summed E-state index contributed by atoms with van der Waals surface area (Å²) >= 11 is 1.50. The van der Waals surface area contributed by atoms with Gasteiger partial charge in [0.25, 0.3) is 0 Å². The van der Waals surface area contributed by atoms with Crippen LogP contribution in [-0.4, -0.2) is 77.6 Å². The average Bonchev–Trinajstić information content (AvgIpc) is 3.15. The second-order valence-corrected chi connectivity index (χ2v) is 11.1. The third-order valence-electron chi connectivity index (χ3n) is 5.55. The molecule has 1 N–H and O–H groups in total. The Morgan fingerprint density at radius 3 is 2.09 bits per heavy atom. The van der Waals surface area contributed by atoms with Crippen molar-refractivity contribution in [2.24, 2.45) is 0 Å². The second kappa shape index (κ2) is 10.7. The number of thiophene rings is 1. The predicted octanol–water partition coefficient (Wildman–Crippen LogP) is 2.73. The highest BCUT2D eigenvalue weighted by atomic mass is 32.2. The number of anilines is 1.